The van der Waals surface area contributed by atoms with Crippen LogP contribution in [0.25, 0.3) is 0 Å². The van der Waals surface area contributed by atoms with Crippen molar-refractivity contribution < 1.29 is 17.9 Å². The van der Waals surface area contributed by atoms with E-state index in [1.165, 1.54) is 11.1 Å². The van der Waals surface area contributed by atoms with E-state index < -0.39 is 10.0 Å². The van der Waals surface area contributed by atoms with Crippen molar-refractivity contribution in [2.24, 2.45) is 0 Å². The van der Waals surface area contributed by atoms with E-state index in [-0.39, 0.29) is 23.5 Å². The van der Waals surface area contributed by atoms with Gasteiger partial charge in [0, 0.05) is 13.1 Å². The number of nitrogens with zero attached hydrogens (tertiary/aromatic N) is 1. The Morgan fingerprint density at radius 3 is 2.28 bits per heavy atom. The van der Waals surface area contributed by atoms with Gasteiger partial charge in [0.2, 0.25) is 10.0 Å². The Labute approximate surface area is 192 Å². The normalized spacial score (nSPS) is 15.9. The molecular weight excluding hydrogens is 424 g/mol. The minimum atomic E-state index is -3.49. The second-order valence-electron chi connectivity index (χ2n) is 8.76. The zero-order valence-corrected chi connectivity index (χ0v) is 20.5. The van der Waals surface area contributed by atoms with E-state index in [4.69, 9.17) is 4.74 Å². The predicted octanol–water partition coefficient (Wildman–Crippen LogP) is 4.35. The molecule has 0 bridgehead atoms. The number of sulfonamides is 1. The fraction of sp³-hybridized carbons (Fsp3) is 0.480. The molecule has 1 aliphatic rings. The fourth-order valence-corrected chi connectivity index (χ4v) is 5.75. The van der Waals surface area contributed by atoms with Crippen LogP contribution in [0, 0.1) is 27.7 Å². The Kier molecular flexibility index (Phi) is 7.62. The standard InChI is InChI=1S/C25H34N2O4S/c1-17-13-19(3)23(15-18(17)2)21(5)26-25(28)16-31-24-10-9-22(14-20(24)4)32(29,30)27-11-7-6-8-12-27/h9-10,13-15,21H,6-8,11-12,16H2,1-5H3,(H,26,28)/t21-/m1/s1. The first-order chi connectivity index (χ1) is 15.1. The molecule has 0 radical (unpaired) electrons. The van der Waals surface area contributed by atoms with Crippen LogP contribution in [0.3, 0.4) is 0 Å². The van der Waals surface area contributed by atoms with E-state index in [1.807, 2.05) is 13.8 Å². The summed E-state index contributed by atoms with van der Waals surface area (Å²) in [6.07, 6.45) is 2.87. The first-order valence-corrected chi connectivity index (χ1v) is 12.6. The lowest BCUT2D eigenvalue weighted by Gasteiger charge is -2.26. The summed E-state index contributed by atoms with van der Waals surface area (Å²) in [5, 5.41) is 2.99. The van der Waals surface area contributed by atoms with Crippen molar-refractivity contribution in [3.05, 3.63) is 58.1 Å². The summed E-state index contributed by atoms with van der Waals surface area (Å²) in [6, 6.07) is 8.93. The number of benzene rings is 2. The lowest BCUT2D eigenvalue weighted by Crippen LogP contribution is -2.35. The van der Waals surface area contributed by atoms with E-state index in [2.05, 4.69) is 31.3 Å². The van der Waals surface area contributed by atoms with Gasteiger partial charge in [-0.15, -0.1) is 0 Å². The Bertz CT molecular complexity index is 1090. The van der Waals surface area contributed by atoms with Crippen LogP contribution in [-0.4, -0.2) is 38.3 Å². The van der Waals surface area contributed by atoms with Gasteiger partial charge in [-0.05, 0) is 93.5 Å². The monoisotopic (exact) mass is 458 g/mol. The second-order valence-corrected chi connectivity index (χ2v) is 10.7. The molecule has 174 valence electrons. The van der Waals surface area contributed by atoms with Crippen molar-refractivity contribution in [2.45, 2.75) is 64.8 Å². The molecule has 1 atom stereocenters. The quantitative estimate of drug-likeness (QED) is 0.669. The molecule has 1 saturated heterocycles. The van der Waals surface area contributed by atoms with Gasteiger partial charge >= 0.3 is 0 Å². The van der Waals surface area contributed by atoms with Crippen LogP contribution in [0.5, 0.6) is 5.75 Å². The molecule has 1 amide bonds. The largest absolute Gasteiger partial charge is 0.484 e. The molecule has 1 N–H and O–H groups in total. The summed E-state index contributed by atoms with van der Waals surface area (Å²) in [4.78, 5) is 12.7. The summed E-state index contributed by atoms with van der Waals surface area (Å²) in [5.74, 6) is 0.285. The smallest absolute Gasteiger partial charge is 0.258 e. The summed E-state index contributed by atoms with van der Waals surface area (Å²) < 4.78 is 33.0. The molecule has 1 aliphatic heterocycles. The number of carbonyl (C=O) groups excluding carboxylic acids is 1. The molecule has 2 aromatic rings. The minimum Gasteiger partial charge on any atom is -0.484 e. The number of ether oxygens (including phenoxy) is 1. The second kappa shape index (κ2) is 10.0. The summed E-state index contributed by atoms with van der Waals surface area (Å²) in [6.45, 7) is 10.9. The maximum Gasteiger partial charge on any atom is 0.258 e. The molecule has 6 nitrogen and oxygen atoms in total. The number of piperidine rings is 1. The van der Waals surface area contributed by atoms with Crippen LogP contribution >= 0.6 is 0 Å². The van der Waals surface area contributed by atoms with Crippen LogP contribution in [0.2, 0.25) is 0 Å². The summed E-state index contributed by atoms with van der Waals surface area (Å²) >= 11 is 0. The van der Waals surface area contributed by atoms with Gasteiger partial charge in [0.05, 0.1) is 10.9 Å². The third-order valence-corrected chi connectivity index (χ3v) is 8.08. The van der Waals surface area contributed by atoms with Crippen molar-refractivity contribution in [1.29, 1.82) is 0 Å². The third kappa shape index (κ3) is 5.51. The Morgan fingerprint density at radius 2 is 1.62 bits per heavy atom. The number of hydrogen-bond acceptors (Lipinski definition) is 4. The summed E-state index contributed by atoms with van der Waals surface area (Å²) in [5.41, 5.74) is 5.34. The molecule has 0 unspecified atom stereocenters. The maximum absolute atomic E-state index is 12.9. The first-order valence-electron chi connectivity index (χ1n) is 11.2. The lowest BCUT2D eigenvalue weighted by atomic mass is 9.96. The average molecular weight is 459 g/mol. The first kappa shape index (κ1) is 24.3. The van der Waals surface area contributed by atoms with E-state index in [0.717, 1.165) is 30.4 Å². The van der Waals surface area contributed by atoms with Crippen molar-refractivity contribution in [3.8, 4) is 5.75 Å². The highest BCUT2D eigenvalue weighted by Crippen LogP contribution is 2.26. The molecule has 0 spiro atoms. The van der Waals surface area contributed by atoms with E-state index in [1.54, 1.807) is 29.4 Å². The van der Waals surface area contributed by atoms with Crippen LogP contribution in [0.1, 0.15) is 60.0 Å². The molecule has 2 aromatic carbocycles. The predicted molar refractivity (Wildman–Crippen MR) is 126 cm³/mol. The number of aryl methyl sites for hydroxylation is 4. The van der Waals surface area contributed by atoms with E-state index >= 15 is 0 Å². The molecule has 1 fully saturated rings. The van der Waals surface area contributed by atoms with Crippen LogP contribution in [0.4, 0.5) is 0 Å². The van der Waals surface area contributed by atoms with Crippen LogP contribution in [0.15, 0.2) is 35.2 Å². The topological polar surface area (TPSA) is 75.7 Å². The number of rotatable bonds is 7. The van der Waals surface area contributed by atoms with Gasteiger partial charge < -0.3 is 10.1 Å². The van der Waals surface area contributed by atoms with Crippen molar-refractivity contribution >= 4 is 15.9 Å². The zero-order chi connectivity index (χ0) is 23.5. The highest BCUT2D eigenvalue weighted by molar-refractivity contribution is 7.89. The lowest BCUT2D eigenvalue weighted by molar-refractivity contribution is -0.123. The van der Waals surface area contributed by atoms with Crippen LogP contribution < -0.4 is 10.1 Å². The number of amides is 1. The minimum absolute atomic E-state index is 0.132. The number of nitrogens with one attached hydrogen (secondary N) is 1. The number of hydrogen-bond donors (Lipinski definition) is 1. The average Bonchev–Trinajstić information content (AvgIpc) is 2.75. The van der Waals surface area contributed by atoms with Crippen molar-refractivity contribution in [3.63, 3.8) is 0 Å². The van der Waals surface area contributed by atoms with Gasteiger partial charge in [-0.1, -0.05) is 18.6 Å². The van der Waals surface area contributed by atoms with Gasteiger partial charge in [0.1, 0.15) is 5.75 Å². The zero-order valence-electron chi connectivity index (χ0n) is 19.7. The molecule has 3 rings (SSSR count). The van der Waals surface area contributed by atoms with Gasteiger partial charge in [0.25, 0.3) is 5.91 Å². The number of carbonyl (C=O) groups is 1. The Balaban J connectivity index is 1.62. The molecule has 0 saturated carbocycles. The Hall–Kier alpha value is -2.38. The van der Waals surface area contributed by atoms with Gasteiger partial charge in [-0.3, -0.25) is 4.79 Å². The molecule has 32 heavy (non-hydrogen) atoms. The summed E-state index contributed by atoms with van der Waals surface area (Å²) in [7, 11) is -3.49. The fourth-order valence-electron chi connectivity index (χ4n) is 4.15. The van der Waals surface area contributed by atoms with Crippen molar-refractivity contribution in [2.75, 3.05) is 19.7 Å². The highest BCUT2D eigenvalue weighted by Gasteiger charge is 2.26. The molecule has 1 heterocycles. The van der Waals surface area contributed by atoms with E-state index in [9.17, 15) is 13.2 Å². The van der Waals surface area contributed by atoms with Crippen molar-refractivity contribution in [1.82, 2.24) is 9.62 Å². The SMILES string of the molecule is Cc1cc(C)c([C@@H](C)NC(=O)COc2ccc(S(=O)(=O)N3CCCCC3)cc2C)cc1C. The molecular formula is C25H34N2O4S. The molecule has 7 heteroatoms. The van der Waals surface area contributed by atoms with Gasteiger partial charge in [0.15, 0.2) is 6.61 Å². The molecule has 0 aromatic heterocycles. The van der Waals surface area contributed by atoms with E-state index in [0.29, 0.717) is 24.4 Å². The highest BCUT2D eigenvalue weighted by atomic mass is 32.2. The van der Waals surface area contributed by atoms with Gasteiger partial charge in [-0.25, -0.2) is 8.42 Å². The Morgan fingerprint density at radius 1 is 0.969 bits per heavy atom. The van der Waals surface area contributed by atoms with Gasteiger partial charge in [-0.2, -0.15) is 4.31 Å². The maximum atomic E-state index is 12.9. The third-order valence-electron chi connectivity index (χ3n) is 6.18. The molecule has 0 aliphatic carbocycles. The van der Waals surface area contributed by atoms with Crippen LogP contribution in [-0.2, 0) is 14.8 Å².